The van der Waals surface area contributed by atoms with E-state index in [2.05, 4.69) is 13.4 Å². The summed E-state index contributed by atoms with van der Waals surface area (Å²) in [6, 6.07) is 32.2. The third kappa shape index (κ3) is 8.03. The lowest BCUT2D eigenvalue weighted by Gasteiger charge is -2.18. The Balaban J connectivity index is 1.56. The summed E-state index contributed by atoms with van der Waals surface area (Å²) in [7, 11) is -12.8. The fourth-order valence-corrected chi connectivity index (χ4v) is 6.20. The first kappa shape index (κ1) is 37.0. The van der Waals surface area contributed by atoms with Crippen molar-refractivity contribution in [2.45, 2.75) is 11.0 Å². The Labute approximate surface area is 298 Å². The highest BCUT2D eigenvalue weighted by molar-refractivity contribution is 7.88. The van der Waals surface area contributed by atoms with Gasteiger partial charge < -0.3 is 8.37 Å². The van der Waals surface area contributed by atoms with E-state index in [9.17, 15) is 47.6 Å². The Morgan fingerprint density at radius 1 is 0.453 bits per heavy atom. The fourth-order valence-electron chi connectivity index (χ4n) is 5.31. The van der Waals surface area contributed by atoms with Crippen LogP contribution in [0.4, 0.5) is 30.7 Å². The van der Waals surface area contributed by atoms with Crippen LogP contribution in [0, 0.1) is 5.82 Å². The van der Waals surface area contributed by atoms with Crippen molar-refractivity contribution in [1.82, 2.24) is 4.98 Å². The first-order valence-corrected chi connectivity index (χ1v) is 17.9. The second-order valence-corrected chi connectivity index (χ2v) is 14.3. The maximum Gasteiger partial charge on any atom is 0.534 e. The van der Waals surface area contributed by atoms with E-state index in [1.165, 1.54) is 12.3 Å². The van der Waals surface area contributed by atoms with Gasteiger partial charge in [0, 0.05) is 23.4 Å². The van der Waals surface area contributed by atoms with Crippen LogP contribution in [0.5, 0.6) is 11.5 Å². The molecule has 0 saturated heterocycles. The van der Waals surface area contributed by atoms with E-state index in [0.717, 1.165) is 28.8 Å². The van der Waals surface area contributed by atoms with Gasteiger partial charge in [0.25, 0.3) is 0 Å². The number of rotatable bonds is 9. The van der Waals surface area contributed by atoms with Gasteiger partial charge in [0.05, 0.1) is 5.69 Å². The topological polar surface area (TPSA) is 99.6 Å². The van der Waals surface area contributed by atoms with Gasteiger partial charge in [-0.05, 0) is 69.3 Å². The maximum absolute atomic E-state index is 15.0. The Morgan fingerprint density at radius 2 is 0.925 bits per heavy atom. The standard InChI is InChI=1S/C37H22F7NO6S2/c38-28-15-16-31(32(19-28)27-17-29(50-52(46,47)36(39,40)41)20-30(18-27)51-53(48,49)37(42,43)44)34-22-45-35(26-9-5-2-6-10-26)21-33(34)25-13-11-24(12-14-25)23-7-3-1-4-8-23/h1-22H. The van der Waals surface area contributed by atoms with Crippen LogP contribution in [0.1, 0.15) is 0 Å². The molecule has 0 aliphatic rings. The van der Waals surface area contributed by atoms with Gasteiger partial charge >= 0.3 is 31.3 Å². The molecule has 0 fully saturated rings. The third-order valence-corrected chi connectivity index (χ3v) is 9.68. The largest absolute Gasteiger partial charge is 0.534 e. The first-order chi connectivity index (χ1) is 24.9. The lowest BCUT2D eigenvalue weighted by Crippen LogP contribution is -2.29. The molecule has 6 aromatic rings. The van der Waals surface area contributed by atoms with Crippen molar-refractivity contribution in [3.05, 3.63) is 139 Å². The van der Waals surface area contributed by atoms with E-state index in [1.807, 2.05) is 72.8 Å². The van der Waals surface area contributed by atoms with Gasteiger partial charge in [0.1, 0.15) is 17.3 Å². The van der Waals surface area contributed by atoms with Crippen molar-refractivity contribution in [3.8, 4) is 67.3 Å². The Bertz CT molecular complexity index is 2450. The molecule has 0 aliphatic carbocycles. The summed E-state index contributed by atoms with van der Waals surface area (Å²) >= 11 is 0. The molecular formula is C37H22F7NO6S2. The molecule has 6 rings (SSSR count). The SMILES string of the molecule is O=S(=O)(Oc1cc(OS(=O)(=O)C(F)(F)F)cc(-c2cc(F)ccc2-c2cnc(-c3ccccc3)cc2-c2ccc(-c3ccccc3)cc2)c1)C(F)(F)F. The smallest absolute Gasteiger partial charge is 0.376 e. The zero-order valence-electron chi connectivity index (χ0n) is 26.6. The summed E-state index contributed by atoms with van der Waals surface area (Å²) in [5.74, 6) is -3.49. The van der Waals surface area contributed by atoms with E-state index >= 15 is 0 Å². The highest BCUT2D eigenvalue weighted by Crippen LogP contribution is 2.43. The molecule has 272 valence electrons. The molecule has 7 nitrogen and oxygen atoms in total. The second-order valence-electron chi connectivity index (χ2n) is 11.3. The van der Waals surface area contributed by atoms with Gasteiger partial charge in [-0.15, -0.1) is 0 Å². The molecule has 0 unspecified atom stereocenters. The molecule has 16 heteroatoms. The van der Waals surface area contributed by atoms with Gasteiger partial charge in [0.2, 0.25) is 0 Å². The van der Waals surface area contributed by atoms with Crippen LogP contribution in [0.15, 0.2) is 134 Å². The van der Waals surface area contributed by atoms with Crippen LogP contribution < -0.4 is 8.37 Å². The van der Waals surface area contributed by atoms with E-state index in [4.69, 9.17) is 0 Å². The van der Waals surface area contributed by atoms with Gasteiger partial charge in [-0.1, -0.05) is 91.0 Å². The summed E-state index contributed by atoms with van der Waals surface area (Å²) in [5, 5.41) is 0. The molecule has 0 amide bonds. The molecule has 0 bridgehead atoms. The number of aromatic nitrogens is 1. The lowest BCUT2D eigenvalue weighted by atomic mass is 9.89. The molecule has 1 heterocycles. The molecule has 0 atom stereocenters. The quantitative estimate of drug-likeness (QED) is 0.0820. The minimum absolute atomic E-state index is 0.112. The predicted octanol–water partition coefficient (Wildman–Crippen LogP) is 10.0. The summed E-state index contributed by atoms with van der Waals surface area (Å²) in [6.07, 6.45) is 1.43. The number of hydrogen-bond donors (Lipinski definition) is 0. The molecule has 1 aromatic heterocycles. The number of halogens is 7. The van der Waals surface area contributed by atoms with Crippen molar-refractivity contribution >= 4 is 20.2 Å². The highest BCUT2D eigenvalue weighted by atomic mass is 32.2. The van der Waals surface area contributed by atoms with Crippen LogP contribution >= 0.6 is 0 Å². The van der Waals surface area contributed by atoms with Gasteiger partial charge in [-0.2, -0.15) is 43.2 Å². The van der Waals surface area contributed by atoms with Crippen molar-refractivity contribution < 1.29 is 55.9 Å². The van der Waals surface area contributed by atoms with Crippen molar-refractivity contribution in [3.63, 3.8) is 0 Å². The number of nitrogens with zero attached hydrogens (tertiary/aromatic N) is 1. The van der Waals surface area contributed by atoms with Crippen LogP contribution in [-0.4, -0.2) is 32.8 Å². The summed E-state index contributed by atoms with van der Waals surface area (Å²) in [4.78, 5) is 4.57. The molecule has 5 aromatic carbocycles. The lowest BCUT2D eigenvalue weighted by molar-refractivity contribution is -0.0502. The number of benzene rings is 5. The van der Waals surface area contributed by atoms with Crippen LogP contribution in [0.25, 0.3) is 55.8 Å². The highest BCUT2D eigenvalue weighted by Gasteiger charge is 2.50. The Hall–Kier alpha value is -5.74. The van der Waals surface area contributed by atoms with Gasteiger partial charge in [-0.25, -0.2) is 4.39 Å². The molecule has 0 aliphatic heterocycles. The monoisotopic (exact) mass is 773 g/mol. The van der Waals surface area contributed by atoms with Crippen molar-refractivity contribution in [2.75, 3.05) is 0 Å². The van der Waals surface area contributed by atoms with E-state index in [1.54, 1.807) is 18.2 Å². The summed E-state index contributed by atoms with van der Waals surface area (Å²) in [5.41, 5.74) is -8.07. The van der Waals surface area contributed by atoms with E-state index in [-0.39, 0.29) is 17.2 Å². The van der Waals surface area contributed by atoms with Crippen molar-refractivity contribution in [2.24, 2.45) is 0 Å². The third-order valence-electron chi connectivity index (χ3n) is 7.72. The minimum atomic E-state index is -6.42. The summed E-state index contributed by atoms with van der Waals surface area (Å²) in [6.45, 7) is 0. The fraction of sp³-hybridized carbons (Fsp3) is 0.0541. The van der Waals surface area contributed by atoms with E-state index in [0.29, 0.717) is 34.5 Å². The zero-order chi connectivity index (χ0) is 38.2. The van der Waals surface area contributed by atoms with Crippen LogP contribution in [0.3, 0.4) is 0 Å². The van der Waals surface area contributed by atoms with Gasteiger partial charge in [-0.3, -0.25) is 4.98 Å². The molecular weight excluding hydrogens is 752 g/mol. The van der Waals surface area contributed by atoms with Crippen LogP contribution in [-0.2, 0) is 20.2 Å². The number of alkyl halides is 6. The second kappa shape index (κ2) is 14.0. The van der Waals surface area contributed by atoms with Crippen molar-refractivity contribution in [1.29, 1.82) is 0 Å². The summed E-state index contributed by atoms with van der Waals surface area (Å²) < 4.78 is 150. The maximum atomic E-state index is 15.0. The molecule has 0 N–H and O–H groups in total. The average molecular weight is 774 g/mol. The normalized spacial score (nSPS) is 12.4. The number of hydrogen-bond acceptors (Lipinski definition) is 7. The molecule has 0 saturated carbocycles. The van der Waals surface area contributed by atoms with Crippen LogP contribution in [0.2, 0.25) is 0 Å². The zero-order valence-corrected chi connectivity index (χ0v) is 28.2. The first-order valence-electron chi connectivity index (χ1n) is 15.1. The van der Waals surface area contributed by atoms with Gasteiger partial charge in [0.15, 0.2) is 0 Å². The molecule has 0 spiro atoms. The minimum Gasteiger partial charge on any atom is -0.376 e. The molecule has 0 radical (unpaired) electrons. The van der Waals surface area contributed by atoms with E-state index < -0.39 is 54.1 Å². The molecule has 53 heavy (non-hydrogen) atoms. The number of pyridine rings is 1. The predicted molar refractivity (Wildman–Crippen MR) is 183 cm³/mol. The Morgan fingerprint density at radius 3 is 1.45 bits per heavy atom. The Kier molecular flexibility index (Phi) is 9.78. The average Bonchev–Trinajstić information content (AvgIpc) is 3.11.